The SMILES string of the molecule is Cc1c(F)cc(C(=O)O)c(Cl)c1[N+](=O)[O-]. The van der Waals surface area contributed by atoms with Crippen LogP contribution in [0.25, 0.3) is 0 Å². The van der Waals surface area contributed by atoms with Crippen LogP contribution in [-0.2, 0) is 0 Å². The Kier molecular flexibility index (Phi) is 2.90. The van der Waals surface area contributed by atoms with E-state index in [0.29, 0.717) is 6.07 Å². The van der Waals surface area contributed by atoms with Crippen LogP contribution in [0.3, 0.4) is 0 Å². The molecule has 0 aliphatic rings. The number of carbonyl (C=O) groups is 1. The van der Waals surface area contributed by atoms with Crippen LogP contribution in [0.15, 0.2) is 6.07 Å². The summed E-state index contributed by atoms with van der Waals surface area (Å²) in [5.41, 5.74) is -1.62. The zero-order valence-corrected chi connectivity index (χ0v) is 8.21. The van der Waals surface area contributed by atoms with E-state index in [-0.39, 0.29) is 5.56 Å². The van der Waals surface area contributed by atoms with Crippen LogP contribution < -0.4 is 0 Å². The summed E-state index contributed by atoms with van der Waals surface area (Å²) in [7, 11) is 0. The van der Waals surface area contributed by atoms with E-state index in [1.807, 2.05) is 0 Å². The van der Waals surface area contributed by atoms with Crippen molar-refractivity contribution >= 4 is 23.3 Å². The highest BCUT2D eigenvalue weighted by Crippen LogP contribution is 2.33. The van der Waals surface area contributed by atoms with Crippen molar-refractivity contribution in [1.82, 2.24) is 0 Å². The predicted molar refractivity (Wildman–Crippen MR) is 49.8 cm³/mol. The monoisotopic (exact) mass is 233 g/mol. The number of halogens is 2. The first-order chi connectivity index (χ1) is 6.86. The third-order valence-electron chi connectivity index (χ3n) is 1.84. The number of benzene rings is 1. The van der Waals surface area contributed by atoms with E-state index < -0.39 is 33.0 Å². The van der Waals surface area contributed by atoms with E-state index in [1.54, 1.807) is 0 Å². The Morgan fingerprint density at radius 1 is 1.67 bits per heavy atom. The topological polar surface area (TPSA) is 80.4 Å². The van der Waals surface area contributed by atoms with Gasteiger partial charge in [-0.15, -0.1) is 0 Å². The smallest absolute Gasteiger partial charge is 0.337 e. The Morgan fingerprint density at radius 2 is 2.20 bits per heavy atom. The molecule has 5 nitrogen and oxygen atoms in total. The van der Waals surface area contributed by atoms with Crippen molar-refractivity contribution in [2.75, 3.05) is 0 Å². The zero-order valence-electron chi connectivity index (χ0n) is 7.45. The van der Waals surface area contributed by atoms with Gasteiger partial charge in [-0.25, -0.2) is 9.18 Å². The summed E-state index contributed by atoms with van der Waals surface area (Å²) in [4.78, 5) is 20.2. The van der Waals surface area contributed by atoms with Crippen molar-refractivity contribution in [2.24, 2.45) is 0 Å². The Hall–Kier alpha value is -1.69. The fourth-order valence-electron chi connectivity index (χ4n) is 1.08. The molecule has 0 saturated heterocycles. The van der Waals surface area contributed by atoms with Crippen molar-refractivity contribution in [1.29, 1.82) is 0 Å². The summed E-state index contributed by atoms with van der Waals surface area (Å²) in [6.07, 6.45) is 0. The van der Waals surface area contributed by atoms with E-state index in [1.165, 1.54) is 0 Å². The van der Waals surface area contributed by atoms with Crippen LogP contribution in [0.1, 0.15) is 15.9 Å². The van der Waals surface area contributed by atoms with Crippen LogP contribution in [0.4, 0.5) is 10.1 Å². The molecule has 0 fully saturated rings. The molecule has 1 aromatic carbocycles. The summed E-state index contributed by atoms with van der Waals surface area (Å²) >= 11 is 5.49. The number of hydrogen-bond acceptors (Lipinski definition) is 3. The summed E-state index contributed by atoms with van der Waals surface area (Å²) in [5, 5.41) is 18.6. The van der Waals surface area contributed by atoms with E-state index in [0.717, 1.165) is 6.92 Å². The van der Waals surface area contributed by atoms with Gasteiger partial charge >= 0.3 is 5.97 Å². The third-order valence-corrected chi connectivity index (χ3v) is 2.22. The second-order valence-corrected chi connectivity index (χ2v) is 3.13. The van der Waals surface area contributed by atoms with Gasteiger partial charge in [0.25, 0.3) is 5.69 Å². The Bertz CT molecular complexity index is 460. The van der Waals surface area contributed by atoms with Crippen LogP contribution in [-0.4, -0.2) is 16.0 Å². The summed E-state index contributed by atoms with van der Waals surface area (Å²) in [6, 6.07) is 0.660. The molecule has 1 aromatic rings. The molecule has 0 atom stereocenters. The molecule has 0 saturated carbocycles. The van der Waals surface area contributed by atoms with E-state index >= 15 is 0 Å². The van der Waals surface area contributed by atoms with Gasteiger partial charge < -0.3 is 5.11 Å². The number of hydrogen-bond donors (Lipinski definition) is 1. The number of aromatic carboxylic acids is 1. The van der Waals surface area contributed by atoms with E-state index in [4.69, 9.17) is 16.7 Å². The van der Waals surface area contributed by atoms with Gasteiger partial charge in [-0.3, -0.25) is 10.1 Å². The predicted octanol–water partition coefficient (Wildman–Crippen LogP) is 2.39. The maximum Gasteiger partial charge on any atom is 0.337 e. The highest BCUT2D eigenvalue weighted by atomic mass is 35.5. The largest absolute Gasteiger partial charge is 0.478 e. The lowest BCUT2D eigenvalue weighted by atomic mass is 10.1. The zero-order chi connectivity index (χ0) is 11.7. The van der Waals surface area contributed by atoms with Crippen LogP contribution in [0.2, 0.25) is 5.02 Å². The van der Waals surface area contributed by atoms with Gasteiger partial charge in [0.15, 0.2) is 0 Å². The van der Waals surface area contributed by atoms with Crippen molar-refractivity contribution in [3.05, 3.63) is 38.1 Å². The summed E-state index contributed by atoms with van der Waals surface area (Å²) < 4.78 is 13.1. The molecular weight excluding hydrogens is 229 g/mol. The van der Waals surface area contributed by atoms with E-state index in [2.05, 4.69) is 0 Å². The van der Waals surface area contributed by atoms with Gasteiger partial charge in [0.05, 0.1) is 16.1 Å². The van der Waals surface area contributed by atoms with Gasteiger partial charge in [-0.05, 0) is 13.0 Å². The van der Waals surface area contributed by atoms with Crippen LogP contribution >= 0.6 is 11.6 Å². The van der Waals surface area contributed by atoms with Crippen LogP contribution in [0.5, 0.6) is 0 Å². The van der Waals surface area contributed by atoms with Gasteiger partial charge in [0, 0.05) is 0 Å². The Labute approximate surface area is 88.2 Å². The minimum atomic E-state index is -1.51. The summed E-state index contributed by atoms with van der Waals surface area (Å²) in [5.74, 6) is -2.48. The lowest BCUT2D eigenvalue weighted by Gasteiger charge is -2.04. The lowest BCUT2D eigenvalue weighted by Crippen LogP contribution is -2.04. The second-order valence-electron chi connectivity index (χ2n) is 2.76. The van der Waals surface area contributed by atoms with Gasteiger partial charge in [0.1, 0.15) is 10.8 Å². The third kappa shape index (κ3) is 1.89. The van der Waals surface area contributed by atoms with Crippen molar-refractivity contribution < 1.29 is 19.2 Å². The molecule has 0 aliphatic carbocycles. The molecule has 0 unspecified atom stereocenters. The van der Waals surface area contributed by atoms with Crippen molar-refractivity contribution in [3.8, 4) is 0 Å². The number of carboxylic acid groups (broad SMARTS) is 1. The molecule has 1 N–H and O–H groups in total. The van der Waals surface area contributed by atoms with Gasteiger partial charge in [0.2, 0.25) is 0 Å². The highest BCUT2D eigenvalue weighted by Gasteiger charge is 2.26. The number of nitro groups is 1. The fraction of sp³-hybridized carbons (Fsp3) is 0.125. The normalized spacial score (nSPS) is 10.1. The molecule has 0 bridgehead atoms. The second kappa shape index (κ2) is 3.82. The van der Waals surface area contributed by atoms with Crippen LogP contribution in [0, 0.1) is 22.9 Å². The average Bonchev–Trinajstić information content (AvgIpc) is 2.10. The molecule has 7 heteroatoms. The van der Waals surface area contributed by atoms with Gasteiger partial charge in [-0.2, -0.15) is 0 Å². The molecule has 0 amide bonds. The Morgan fingerprint density at radius 3 is 2.60 bits per heavy atom. The molecule has 0 spiro atoms. The minimum absolute atomic E-state index is 0.282. The molecule has 0 heterocycles. The van der Waals surface area contributed by atoms with Crippen molar-refractivity contribution in [2.45, 2.75) is 6.92 Å². The quantitative estimate of drug-likeness (QED) is 0.628. The average molecular weight is 234 g/mol. The number of rotatable bonds is 2. The molecular formula is C8H5ClFNO4. The maximum absolute atomic E-state index is 13.1. The van der Waals surface area contributed by atoms with E-state index in [9.17, 15) is 19.3 Å². The minimum Gasteiger partial charge on any atom is -0.478 e. The Balaban J connectivity index is 3.63. The molecule has 0 aliphatic heterocycles. The first kappa shape index (κ1) is 11.4. The summed E-state index contributed by atoms with van der Waals surface area (Å²) in [6.45, 7) is 1.16. The fourth-order valence-corrected chi connectivity index (χ4v) is 1.42. The number of nitrogens with zero attached hydrogens (tertiary/aromatic N) is 1. The lowest BCUT2D eigenvalue weighted by molar-refractivity contribution is -0.385. The number of nitro benzene ring substituents is 1. The maximum atomic E-state index is 13.1. The number of carboxylic acids is 1. The molecule has 0 radical (unpaired) electrons. The first-order valence-electron chi connectivity index (χ1n) is 3.72. The molecule has 15 heavy (non-hydrogen) atoms. The van der Waals surface area contributed by atoms with Crippen molar-refractivity contribution in [3.63, 3.8) is 0 Å². The highest BCUT2D eigenvalue weighted by molar-refractivity contribution is 6.35. The molecule has 80 valence electrons. The molecule has 1 rings (SSSR count). The van der Waals surface area contributed by atoms with Gasteiger partial charge in [-0.1, -0.05) is 11.6 Å². The standard InChI is InChI=1S/C8H5ClFNO4/c1-3-5(10)2-4(8(12)13)6(9)7(3)11(14)15/h2H,1H3,(H,12,13). The first-order valence-corrected chi connectivity index (χ1v) is 4.10. The molecule has 0 aromatic heterocycles.